The van der Waals surface area contributed by atoms with Crippen molar-refractivity contribution < 1.29 is 9.90 Å². The van der Waals surface area contributed by atoms with E-state index in [1.165, 1.54) is 0 Å². The van der Waals surface area contributed by atoms with E-state index in [0.717, 1.165) is 22.4 Å². The van der Waals surface area contributed by atoms with Gasteiger partial charge >= 0.3 is 5.97 Å². The number of aliphatic carboxylic acids is 1. The van der Waals surface area contributed by atoms with Crippen LogP contribution in [0, 0.1) is 6.92 Å². The standard InChI is InChI=1S/C12H15N3O2/c1-8-14-10-5-9(6-13-7-12(16)17)3-4-11(10)15(8)2/h3-5,13H,6-7H2,1-2H3,(H,16,17). The number of carbonyl (C=O) groups is 1. The minimum Gasteiger partial charge on any atom is -0.480 e. The van der Waals surface area contributed by atoms with Crippen molar-refractivity contribution >= 4 is 17.0 Å². The van der Waals surface area contributed by atoms with Crippen LogP contribution in [-0.2, 0) is 18.4 Å². The number of imidazole rings is 1. The minimum absolute atomic E-state index is 0.0285. The van der Waals surface area contributed by atoms with Crippen LogP contribution in [-0.4, -0.2) is 27.2 Å². The van der Waals surface area contributed by atoms with Gasteiger partial charge in [-0.1, -0.05) is 6.07 Å². The summed E-state index contributed by atoms with van der Waals surface area (Å²) in [7, 11) is 1.98. The van der Waals surface area contributed by atoms with E-state index >= 15 is 0 Å². The van der Waals surface area contributed by atoms with Gasteiger partial charge in [0.15, 0.2) is 0 Å². The Kier molecular flexibility index (Phi) is 3.10. The summed E-state index contributed by atoms with van der Waals surface area (Å²) in [6, 6.07) is 5.97. The average molecular weight is 233 g/mol. The van der Waals surface area contributed by atoms with E-state index in [4.69, 9.17) is 5.11 Å². The lowest BCUT2D eigenvalue weighted by atomic mass is 10.2. The third kappa shape index (κ3) is 2.45. The molecule has 0 radical (unpaired) electrons. The van der Waals surface area contributed by atoms with Crippen LogP contribution in [0.4, 0.5) is 0 Å². The zero-order chi connectivity index (χ0) is 12.4. The van der Waals surface area contributed by atoms with Crippen molar-refractivity contribution in [3.05, 3.63) is 29.6 Å². The van der Waals surface area contributed by atoms with Gasteiger partial charge in [-0.05, 0) is 24.6 Å². The first kappa shape index (κ1) is 11.6. The molecule has 0 bridgehead atoms. The topological polar surface area (TPSA) is 67.2 Å². The zero-order valence-corrected chi connectivity index (χ0v) is 9.90. The second-order valence-corrected chi connectivity index (χ2v) is 4.04. The maximum Gasteiger partial charge on any atom is 0.317 e. The van der Waals surface area contributed by atoms with Crippen molar-refractivity contribution in [3.63, 3.8) is 0 Å². The van der Waals surface area contributed by atoms with Crippen LogP contribution < -0.4 is 5.32 Å². The van der Waals surface area contributed by atoms with Crippen molar-refractivity contribution in [2.24, 2.45) is 7.05 Å². The molecule has 2 N–H and O–H groups in total. The molecule has 0 aliphatic carbocycles. The Bertz CT molecular complexity index is 560. The first-order valence-corrected chi connectivity index (χ1v) is 5.42. The van der Waals surface area contributed by atoms with Crippen molar-refractivity contribution in [2.45, 2.75) is 13.5 Å². The van der Waals surface area contributed by atoms with Gasteiger partial charge in [-0.3, -0.25) is 4.79 Å². The van der Waals surface area contributed by atoms with E-state index in [1.54, 1.807) is 0 Å². The summed E-state index contributed by atoms with van der Waals surface area (Å²) in [4.78, 5) is 14.8. The van der Waals surface area contributed by atoms with Gasteiger partial charge in [0.2, 0.25) is 0 Å². The summed E-state index contributed by atoms with van der Waals surface area (Å²) in [5.41, 5.74) is 3.07. The highest BCUT2D eigenvalue weighted by atomic mass is 16.4. The van der Waals surface area contributed by atoms with E-state index in [9.17, 15) is 4.79 Å². The summed E-state index contributed by atoms with van der Waals surface area (Å²) in [5.74, 6) is 0.121. The molecule has 90 valence electrons. The smallest absolute Gasteiger partial charge is 0.317 e. The fourth-order valence-electron chi connectivity index (χ4n) is 1.79. The van der Waals surface area contributed by atoms with Crippen LogP contribution >= 0.6 is 0 Å². The molecule has 0 atom stereocenters. The molecule has 0 aliphatic heterocycles. The molecule has 17 heavy (non-hydrogen) atoms. The van der Waals surface area contributed by atoms with Crippen molar-refractivity contribution in [2.75, 3.05) is 6.54 Å². The highest BCUT2D eigenvalue weighted by molar-refractivity contribution is 5.76. The fourth-order valence-corrected chi connectivity index (χ4v) is 1.79. The number of carboxylic acid groups (broad SMARTS) is 1. The maximum absolute atomic E-state index is 10.4. The molecule has 5 nitrogen and oxygen atoms in total. The highest BCUT2D eigenvalue weighted by Gasteiger charge is 2.04. The largest absolute Gasteiger partial charge is 0.480 e. The lowest BCUT2D eigenvalue weighted by Crippen LogP contribution is -2.21. The Hall–Kier alpha value is -1.88. The Morgan fingerprint density at radius 2 is 2.29 bits per heavy atom. The number of benzene rings is 1. The highest BCUT2D eigenvalue weighted by Crippen LogP contribution is 2.16. The number of fused-ring (bicyclic) bond motifs is 1. The van der Waals surface area contributed by atoms with Crippen LogP contribution in [0.3, 0.4) is 0 Å². The molecule has 2 aromatic rings. The fraction of sp³-hybridized carbons (Fsp3) is 0.333. The third-order valence-electron chi connectivity index (χ3n) is 2.77. The molecule has 0 fully saturated rings. The van der Waals surface area contributed by atoms with E-state index in [-0.39, 0.29) is 6.54 Å². The molecule has 0 saturated heterocycles. The summed E-state index contributed by atoms with van der Waals surface area (Å²) >= 11 is 0. The van der Waals surface area contributed by atoms with Gasteiger partial charge in [-0.2, -0.15) is 0 Å². The molecule has 0 aliphatic rings. The molecule has 5 heteroatoms. The summed E-state index contributed by atoms with van der Waals surface area (Å²) in [5, 5.41) is 11.4. The number of nitrogens with zero attached hydrogens (tertiary/aromatic N) is 2. The number of rotatable bonds is 4. The summed E-state index contributed by atoms with van der Waals surface area (Å²) < 4.78 is 2.03. The van der Waals surface area contributed by atoms with Crippen LogP contribution in [0.25, 0.3) is 11.0 Å². The van der Waals surface area contributed by atoms with Gasteiger partial charge in [0.25, 0.3) is 0 Å². The molecule has 0 spiro atoms. The molecule has 0 amide bonds. The molecule has 1 heterocycles. The SMILES string of the molecule is Cc1nc2cc(CNCC(=O)O)ccc2n1C. The number of aryl methyl sites for hydroxylation is 2. The van der Waals surface area contributed by atoms with E-state index in [2.05, 4.69) is 10.3 Å². The number of hydrogen-bond acceptors (Lipinski definition) is 3. The second-order valence-electron chi connectivity index (χ2n) is 4.04. The van der Waals surface area contributed by atoms with Gasteiger partial charge in [-0.15, -0.1) is 0 Å². The first-order valence-electron chi connectivity index (χ1n) is 5.42. The molecular formula is C12H15N3O2. The monoisotopic (exact) mass is 233 g/mol. The average Bonchev–Trinajstić information content (AvgIpc) is 2.54. The molecule has 0 saturated carbocycles. The van der Waals surface area contributed by atoms with Crippen LogP contribution in [0.1, 0.15) is 11.4 Å². The maximum atomic E-state index is 10.4. The van der Waals surface area contributed by atoms with Gasteiger partial charge in [0.1, 0.15) is 5.82 Å². The van der Waals surface area contributed by atoms with Crippen LogP contribution in [0.5, 0.6) is 0 Å². The van der Waals surface area contributed by atoms with Crippen LogP contribution in [0.15, 0.2) is 18.2 Å². The normalized spacial score (nSPS) is 10.9. The number of nitrogens with one attached hydrogen (secondary N) is 1. The molecule has 2 rings (SSSR count). The predicted molar refractivity (Wildman–Crippen MR) is 64.8 cm³/mol. The number of hydrogen-bond donors (Lipinski definition) is 2. The van der Waals surface area contributed by atoms with Gasteiger partial charge in [0, 0.05) is 13.6 Å². The Labute approximate surface area is 99.1 Å². The first-order chi connectivity index (χ1) is 8.08. The number of aromatic nitrogens is 2. The van der Waals surface area contributed by atoms with Crippen molar-refractivity contribution in [1.82, 2.24) is 14.9 Å². The Balaban J connectivity index is 2.17. The lowest BCUT2D eigenvalue weighted by Gasteiger charge is -2.02. The van der Waals surface area contributed by atoms with Crippen molar-refractivity contribution in [1.29, 1.82) is 0 Å². The van der Waals surface area contributed by atoms with Gasteiger partial charge in [-0.25, -0.2) is 4.98 Å². The zero-order valence-electron chi connectivity index (χ0n) is 9.90. The minimum atomic E-state index is -0.847. The van der Waals surface area contributed by atoms with E-state index < -0.39 is 5.97 Å². The predicted octanol–water partition coefficient (Wildman–Crippen LogP) is 1.06. The van der Waals surface area contributed by atoms with E-state index in [1.807, 2.05) is 36.7 Å². The molecular weight excluding hydrogens is 218 g/mol. The van der Waals surface area contributed by atoms with Gasteiger partial charge in [0.05, 0.1) is 17.6 Å². The van der Waals surface area contributed by atoms with Crippen molar-refractivity contribution in [3.8, 4) is 0 Å². The quantitative estimate of drug-likeness (QED) is 0.828. The van der Waals surface area contributed by atoms with E-state index in [0.29, 0.717) is 6.54 Å². The Morgan fingerprint density at radius 3 is 3.00 bits per heavy atom. The molecule has 1 aromatic heterocycles. The summed E-state index contributed by atoms with van der Waals surface area (Å²) in [6.45, 7) is 2.47. The Morgan fingerprint density at radius 1 is 1.53 bits per heavy atom. The molecule has 0 unspecified atom stereocenters. The number of carboxylic acids is 1. The van der Waals surface area contributed by atoms with Gasteiger partial charge < -0.3 is 15.0 Å². The summed E-state index contributed by atoms with van der Waals surface area (Å²) in [6.07, 6.45) is 0. The second kappa shape index (κ2) is 4.55. The lowest BCUT2D eigenvalue weighted by molar-refractivity contribution is -0.135. The van der Waals surface area contributed by atoms with Crippen LogP contribution in [0.2, 0.25) is 0 Å². The molecule has 1 aromatic carbocycles. The third-order valence-corrected chi connectivity index (χ3v) is 2.77.